The van der Waals surface area contributed by atoms with Crippen molar-refractivity contribution in [2.75, 3.05) is 13.7 Å². The van der Waals surface area contributed by atoms with E-state index < -0.39 is 12.1 Å². The third-order valence-electron chi connectivity index (χ3n) is 2.54. The highest BCUT2D eigenvalue weighted by Gasteiger charge is 2.16. The molecule has 0 radical (unpaired) electrons. The Labute approximate surface area is 114 Å². The Morgan fingerprint density at radius 3 is 2.79 bits per heavy atom. The number of carbonyl (C=O) groups is 1. The fraction of sp³-hybridized carbons (Fsp3) is 0.400. The first-order valence-corrected chi connectivity index (χ1v) is 6.23. The van der Waals surface area contributed by atoms with E-state index in [0.29, 0.717) is 18.8 Å². The molecule has 0 saturated carbocycles. The summed E-state index contributed by atoms with van der Waals surface area (Å²) in [5.74, 6) is 1.01. The fourth-order valence-electron chi connectivity index (χ4n) is 1.65. The van der Waals surface area contributed by atoms with Crippen molar-refractivity contribution >= 4 is 5.97 Å². The monoisotopic (exact) mass is 264 g/mol. The van der Waals surface area contributed by atoms with Crippen LogP contribution in [0.4, 0.5) is 0 Å². The lowest BCUT2D eigenvalue weighted by molar-refractivity contribution is -0.147. The van der Waals surface area contributed by atoms with Gasteiger partial charge in [-0.2, -0.15) is 0 Å². The van der Waals surface area contributed by atoms with Crippen molar-refractivity contribution in [3.05, 3.63) is 36.4 Å². The van der Waals surface area contributed by atoms with Gasteiger partial charge in [0.1, 0.15) is 11.5 Å². The summed E-state index contributed by atoms with van der Waals surface area (Å²) < 4.78 is 15.7. The molecule has 0 unspecified atom stereocenters. The van der Waals surface area contributed by atoms with Gasteiger partial charge in [0.05, 0.1) is 13.7 Å². The molecule has 1 aromatic rings. The number of carbonyl (C=O) groups excluding carboxylic acids is 1. The number of benzene rings is 1. The normalized spacial score (nSPS) is 11.5. The maximum atomic E-state index is 11.4. The van der Waals surface area contributed by atoms with Crippen molar-refractivity contribution in [3.8, 4) is 11.5 Å². The number of methoxy groups -OCH3 is 1. The molecular weight excluding hydrogens is 244 g/mol. The minimum Gasteiger partial charge on any atom is -0.494 e. The molecule has 1 atom stereocenters. The van der Waals surface area contributed by atoms with E-state index in [9.17, 15) is 4.79 Å². The van der Waals surface area contributed by atoms with Crippen molar-refractivity contribution in [2.45, 2.75) is 26.4 Å². The molecule has 1 rings (SSSR count). The Balaban J connectivity index is 2.92. The van der Waals surface area contributed by atoms with Crippen LogP contribution in [0.3, 0.4) is 0 Å². The standard InChI is InChI=1S/C15H20O4/c1-5-7-12-10-13(18-6-2)8-9-14(12)19-11(3)15(16)17-4/h5,8-11H,1,6-7H2,2-4H3/t11-/m1/s1. The molecule has 19 heavy (non-hydrogen) atoms. The van der Waals surface area contributed by atoms with Gasteiger partial charge in [0, 0.05) is 5.56 Å². The number of hydrogen-bond donors (Lipinski definition) is 0. The second-order valence-corrected chi connectivity index (χ2v) is 3.98. The molecule has 0 aliphatic heterocycles. The van der Waals surface area contributed by atoms with Gasteiger partial charge >= 0.3 is 5.97 Å². The molecular formula is C15H20O4. The molecule has 0 saturated heterocycles. The van der Waals surface area contributed by atoms with Gasteiger partial charge in [0.15, 0.2) is 6.10 Å². The number of rotatable bonds is 7. The highest BCUT2D eigenvalue weighted by molar-refractivity contribution is 5.74. The summed E-state index contributed by atoms with van der Waals surface area (Å²) >= 11 is 0. The quantitative estimate of drug-likeness (QED) is 0.561. The average Bonchev–Trinajstić information content (AvgIpc) is 2.41. The third kappa shape index (κ3) is 4.32. The van der Waals surface area contributed by atoms with E-state index in [2.05, 4.69) is 11.3 Å². The molecule has 1 aromatic carbocycles. The second-order valence-electron chi connectivity index (χ2n) is 3.98. The molecule has 0 bridgehead atoms. The van der Waals surface area contributed by atoms with E-state index in [-0.39, 0.29) is 0 Å². The van der Waals surface area contributed by atoms with E-state index in [1.54, 1.807) is 19.1 Å². The van der Waals surface area contributed by atoms with Crippen LogP contribution in [0.15, 0.2) is 30.9 Å². The van der Waals surface area contributed by atoms with Crippen molar-refractivity contribution in [2.24, 2.45) is 0 Å². The molecule has 0 aliphatic carbocycles. The number of hydrogen-bond acceptors (Lipinski definition) is 4. The summed E-state index contributed by atoms with van der Waals surface area (Å²) in [4.78, 5) is 11.4. The van der Waals surface area contributed by atoms with Gasteiger partial charge in [-0.3, -0.25) is 0 Å². The van der Waals surface area contributed by atoms with Crippen LogP contribution in [0, 0.1) is 0 Å². The first kappa shape index (κ1) is 15.1. The first-order valence-electron chi connectivity index (χ1n) is 6.23. The Morgan fingerprint density at radius 1 is 1.47 bits per heavy atom. The van der Waals surface area contributed by atoms with Crippen LogP contribution >= 0.6 is 0 Å². The number of ether oxygens (including phenoxy) is 3. The summed E-state index contributed by atoms with van der Waals surface area (Å²) in [6.07, 6.45) is 1.77. The zero-order valence-electron chi connectivity index (χ0n) is 11.6. The van der Waals surface area contributed by atoms with E-state index in [1.165, 1.54) is 7.11 Å². The highest BCUT2D eigenvalue weighted by atomic mass is 16.6. The van der Waals surface area contributed by atoms with Crippen molar-refractivity contribution < 1.29 is 19.0 Å². The Hall–Kier alpha value is -1.97. The molecule has 0 N–H and O–H groups in total. The third-order valence-corrected chi connectivity index (χ3v) is 2.54. The molecule has 4 nitrogen and oxygen atoms in total. The number of esters is 1. The molecule has 0 aliphatic rings. The highest BCUT2D eigenvalue weighted by Crippen LogP contribution is 2.26. The van der Waals surface area contributed by atoms with Gasteiger partial charge in [-0.15, -0.1) is 6.58 Å². The second kappa shape index (κ2) is 7.46. The predicted molar refractivity (Wildman–Crippen MR) is 73.6 cm³/mol. The maximum absolute atomic E-state index is 11.4. The molecule has 0 fully saturated rings. The van der Waals surface area contributed by atoms with E-state index in [1.807, 2.05) is 19.1 Å². The summed E-state index contributed by atoms with van der Waals surface area (Å²) in [6.45, 7) is 7.90. The van der Waals surface area contributed by atoms with Crippen molar-refractivity contribution in [1.29, 1.82) is 0 Å². The van der Waals surface area contributed by atoms with Crippen LogP contribution in [-0.4, -0.2) is 25.8 Å². The van der Waals surface area contributed by atoms with Crippen LogP contribution in [0.25, 0.3) is 0 Å². The van der Waals surface area contributed by atoms with Gasteiger partial charge in [-0.1, -0.05) is 6.08 Å². The zero-order valence-corrected chi connectivity index (χ0v) is 11.6. The molecule has 0 amide bonds. The van der Waals surface area contributed by atoms with Crippen LogP contribution in [0.1, 0.15) is 19.4 Å². The summed E-state index contributed by atoms with van der Waals surface area (Å²) in [5.41, 5.74) is 0.928. The van der Waals surface area contributed by atoms with Crippen molar-refractivity contribution in [1.82, 2.24) is 0 Å². The van der Waals surface area contributed by atoms with Crippen molar-refractivity contribution in [3.63, 3.8) is 0 Å². The maximum Gasteiger partial charge on any atom is 0.346 e. The first-order chi connectivity index (χ1) is 9.12. The summed E-state index contributed by atoms with van der Waals surface area (Å²) in [7, 11) is 1.34. The topological polar surface area (TPSA) is 44.8 Å². The Kier molecular flexibility index (Phi) is 5.93. The number of allylic oxidation sites excluding steroid dienone is 1. The van der Waals surface area contributed by atoms with Gasteiger partial charge < -0.3 is 14.2 Å². The SMILES string of the molecule is C=CCc1cc(OCC)ccc1O[C@H](C)C(=O)OC. The Morgan fingerprint density at radius 2 is 2.21 bits per heavy atom. The molecule has 0 aromatic heterocycles. The smallest absolute Gasteiger partial charge is 0.346 e. The lowest BCUT2D eigenvalue weighted by Gasteiger charge is -2.16. The predicted octanol–water partition coefficient (Wildman–Crippen LogP) is 2.75. The lowest BCUT2D eigenvalue weighted by atomic mass is 10.1. The van der Waals surface area contributed by atoms with E-state index in [0.717, 1.165) is 11.3 Å². The summed E-state index contributed by atoms with van der Waals surface area (Å²) in [5, 5.41) is 0. The average molecular weight is 264 g/mol. The van der Waals surface area contributed by atoms with Crippen LogP contribution in [0.2, 0.25) is 0 Å². The van der Waals surface area contributed by atoms with Crippen LogP contribution in [-0.2, 0) is 16.0 Å². The van der Waals surface area contributed by atoms with E-state index in [4.69, 9.17) is 9.47 Å². The molecule has 104 valence electrons. The molecule has 0 spiro atoms. The Bertz CT molecular complexity index is 440. The van der Waals surface area contributed by atoms with Crippen LogP contribution < -0.4 is 9.47 Å². The zero-order chi connectivity index (χ0) is 14.3. The minimum absolute atomic E-state index is 0.404. The lowest BCUT2D eigenvalue weighted by Crippen LogP contribution is -2.25. The minimum atomic E-state index is -0.647. The molecule has 4 heteroatoms. The van der Waals surface area contributed by atoms with Crippen LogP contribution in [0.5, 0.6) is 11.5 Å². The fourth-order valence-corrected chi connectivity index (χ4v) is 1.65. The molecule has 0 heterocycles. The van der Waals surface area contributed by atoms with Gasteiger partial charge in [0.2, 0.25) is 0 Å². The van der Waals surface area contributed by atoms with Gasteiger partial charge in [-0.25, -0.2) is 4.79 Å². The van der Waals surface area contributed by atoms with Gasteiger partial charge in [0.25, 0.3) is 0 Å². The van der Waals surface area contributed by atoms with E-state index >= 15 is 0 Å². The summed E-state index contributed by atoms with van der Waals surface area (Å²) in [6, 6.07) is 5.50. The van der Waals surface area contributed by atoms with Gasteiger partial charge in [-0.05, 0) is 38.5 Å². The largest absolute Gasteiger partial charge is 0.494 e.